The van der Waals surface area contributed by atoms with Crippen LogP contribution in [0.25, 0.3) is 11.0 Å². The Morgan fingerprint density at radius 1 is 1.28 bits per heavy atom. The van der Waals surface area contributed by atoms with Gasteiger partial charge in [-0.15, -0.1) is 0 Å². The summed E-state index contributed by atoms with van der Waals surface area (Å²) in [5.74, 6) is 0.922. The maximum atomic E-state index is 12.8. The van der Waals surface area contributed by atoms with Crippen molar-refractivity contribution < 1.29 is 18.3 Å². The number of nitrogens with zero attached hydrogens (tertiary/aromatic N) is 4. The minimum Gasteiger partial charge on any atom is -0.390 e. The van der Waals surface area contributed by atoms with Gasteiger partial charge in [0.25, 0.3) is 5.56 Å². The SMILES string of the molecule is CC1CN(c2nc3c(c(CO)nn3C(C)c3ccc(C(F)(F)F)cc3)c(=O)[nH]2)C1. The summed E-state index contributed by atoms with van der Waals surface area (Å²) in [7, 11) is 0. The third-order valence-electron chi connectivity index (χ3n) is 5.22. The molecule has 0 aliphatic carbocycles. The van der Waals surface area contributed by atoms with E-state index in [1.54, 1.807) is 6.92 Å². The Hall–Kier alpha value is -2.88. The van der Waals surface area contributed by atoms with E-state index in [1.165, 1.54) is 16.8 Å². The number of fused-ring (bicyclic) bond motifs is 1. The molecule has 0 spiro atoms. The highest BCUT2D eigenvalue weighted by molar-refractivity contribution is 5.78. The van der Waals surface area contributed by atoms with Crippen LogP contribution in [0.1, 0.15) is 36.7 Å². The first-order chi connectivity index (χ1) is 13.7. The van der Waals surface area contributed by atoms with E-state index in [9.17, 15) is 23.1 Å². The lowest BCUT2D eigenvalue weighted by atomic mass is 10.0. The van der Waals surface area contributed by atoms with Crippen molar-refractivity contribution in [3.8, 4) is 0 Å². The first-order valence-electron chi connectivity index (χ1n) is 9.23. The fourth-order valence-corrected chi connectivity index (χ4v) is 3.60. The highest BCUT2D eigenvalue weighted by Crippen LogP contribution is 2.31. The molecule has 1 fully saturated rings. The van der Waals surface area contributed by atoms with Crippen molar-refractivity contribution in [2.24, 2.45) is 5.92 Å². The first kappa shape index (κ1) is 19.4. The maximum absolute atomic E-state index is 12.8. The van der Waals surface area contributed by atoms with Crippen LogP contribution in [-0.2, 0) is 12.8 Å². The van der Waals surface area contributed by atoms with Gasteiger partial charge in [0, 0.05) is 13.1 Å². The van der Waals surface area contributed by atoms with Crippen LogP contribution < -0.4 is 10.5 Å². The van der Waals surface area contributed by atoms with Gasteiger partial charge in [0.1, 0.15) is 11.1 Å². The quantitative estimate of drug-likeness (QED) is 0.695. The zero-order chi connectivity index (χ0) is 20.9. The smallest absolute Gasteiger partial charge is 0.390 e. The number of halogens is 3. The normalized spacial score (nSPS) is 16.3. The van der Waals surface area contributed by atoms with Gasteiger partial charge in [-0.1, -0.05) is 19.1 Å². The van der Waals surface area contributed by atoms with Crippen LogP contribution in [0.2, 0.25) is 0 Å². The summed E-state index contributed by atoms with van der Waals surface area (Å²) < 4.78 is 40.0. The summed E-state index contributed by atoms with van der Waals surface area (Å²) in [5, 5.41) is 14.1. The number of nitrogens with one attached hydrogen (secondary N) is 1. The van der Waals surface area contributed by atoms with E-state index < -0.39 is 29.9 Å². The molecule has 1 saturated heterocycles. The fourth-order valence-electron chi connectivity index (χ4n) is 3.60. The molecule has 1 atom stereocenters. The van der Waals surface area contributed by atoms with Crippen molar-refractivity contribution in [3.05, 3.63) is 51.4 Å². The zero-order valence-corrected chi connectivity index (χ0v) is 15.9. The number of aromatic nitrogens is 4. The van der Waals surface area contributed by atoms with Crippen LogP contribution >= 0.6 is 0 Å². The number of anilines is 1. The molecule has 4 rings (SSSR count). The van der Waals surface area contributed by atoms with Gasteiger partial charge >= 0.3 is 6.18 Å². The second-order valence-electron chi connectivity index (χ2n) is 7.44. The monoisotopic (exact) mass is 407 g/mol. The van der Waals surface area contributed by atoms with E-state index in [1.807, 2.05) is 4.90 Å². The maximum Gasteiger partial charge on any atom is 0.416 e. The Kier molecular flexibility index (Phi) is 4.60. The predicted octanol–water partition coefficient (Wildman–Crippen LogP) is 2.70. The number of rotatable bonds is 4. The van der Waals surface area contributed by atoms with Crippen LogP contribution in [0.3, 0.4) is 0 Å². The number of hydrogen-bond acceptors (Lipinski definition) is 5. The van der Waals surface area contributed by atoms with E-state index in [0.29, 0.717) is 23.1 Å². The van der Waals surface area contributed by atoms with Crippen molar-refractivity contribution in [2.45, 2.75) is 32.7 Å². The van der Waals surface area contributed by atoms with Crippen LogP contribution in [0.5, 0.6) is 0 Å². The van der Waals surface area contributed by atoms with Gasteiger partial charge in [-0.25, -0.2) is 4.68 Å². The molecule has 29 heavy (non-hydrogen) atoms. The molecule has 0 amide bonds. The van der Waals surface area contributed by atoms with Gasteiger partial charge in [0.05, 0.1) is 18.2 Å². The van der Waals surface area contributed by atoms with Crippen molar-refractivity contribution in [2.75, 3.05) is 18.0 Å². The fraction of sp³-hybridized carbons (Fsp3) is 0.421. The predicted molar refractivity (Wildman–Crippen MR) is 101 cm³/mol. The number of aliphatic hydroxyl groups is 1. The highest BCUT2D eigenvalue weighted by atomic mass is 19.4. The largest absolute Gasteiger partial charge is 0.416 e. The van der Waals surface area contributed by atoms with E-state index >= 15 is 0 Å². The Labute approximate surface area is 163 Å². The molecule has 3 aromatic rings. The third kappa shape index (κ3) is 3.37. The lowest BCUT2D eigenvalue weighted by Gasteiger charge is -2.37. The van der Waals surface area contributed by atoms with E-state index in [4.69, 9.17) is 0 Å². The van der Waals surface area contributed by atoms with Crippen LogP contribution in [0, 0.1) is 5.92 Å². The molecule has 1 aliphatic rings. The molecule has 10 heteroatoms. The van der Waals surface area contributed by atoms with E-state index in [0.717, 1.165) is 25.2 Å². The molecule has 1 unspecified atom stereocenters. The lowest BCUT2D eigenvalue weighted by molar-refractivity contribution is -0.137. The highest BCUT2D eigenvalue weighted by Gasteiger charge is 2.31. The van der Waals surface area contributed by atoms with Crippen LogP contribution in [-0.4, -0.2) is 37.9 Å². The summed E-state index contributed by atoms with van der Waals surface area (Å²) in [6.07, 6.45) is -4.41. The molecule has 1 aliphatic heterocycles. The summed E-state index contributed by atoms with van der Waals surface area (Å²) in [4.78, 5) is 21.8. The third-order valence-corrected chi connectivity index (χ3v) is 5.22. The molecule has 1 aromatic carbocycles. The molecule has 0 saturated carbocycles. The van der Waals surface area contributed by atoms with Gasteiger partial charge in [-0.2, -0.15) is 23.3 Å². The number of alkyl halides is 3. The first-order valence-corrected chi connectivity index (χ1v) is 9.23. The van der Waals surface area contributed by atoms with Gasteiger partial charge in [-0.3, -0.25) is 9.78 Å². The van der Waals surface area contributed by atoms with Crippen molar-refractivity contribution in [1.29, 1.82) is 0 Å². The molecular weight excluding hydrogens is 387 g/mol. The summed E-state index contributed by atoms with van der Waals surface area (Å²) in [6.45, 7) is 4.93. The Morgan fingerprint density at radius 3 is 2.48 bits per heavy atom. The molecule has 0 bridgehead atoms. The van der Waals surface area contributed by atoms with Crippen molar-refractivity contribution >= 4 is 17.0 Å². The Bertz CT molecular complexity index is 1100. The summed E-state index contributed by atoms with van der Waals surface area (Å²) >= 11 is 0. The minimum absolute atomic E-state index is 0.177. The average molecular weight is 407 g/mol. The molecule has 2 aromatic heterocycles. The molecule has 7 nitrogen and oxygen atoms in total. The molecule has 3 heterocycles. The van der Waals surface area contributed by atoms with Crippen LogP contribution in [0.4, 0.5) is 19.1 Å². The lowest BCUT2D eigenvalue weighted by Crippen LogP contribution is -2.46. The van der Waals surface area contributed by atoms with Crippen molar-refractivity contribution in [3.63, 3.8) is 0 Å². The van der Waals surface area contributed by atoms with E-state index in [-0.39, 0.29) is 11.1 Å². The van der Waals surface area contributed by atoms with Crippen molar-refractivity contribution in [1.82, 2.24) is 19.7 Å². The number of H-pyrrole nitrogens is 1. The molecular formula is C19H20F3N5O2. The van der Waals surface area contributed by atoms with Gasteiger partial charge < -0.3 is 10.0 Å². The Balaban J connectivity index is 1.79. The standard InChI is InChI=1S/C19H20F3N5O2/c1-10-7-26(8-10)18-23-16-15(17(29)24-18)14(9-28)25-27(16)11(2)12-3-5-13(6-4-12)19(20,21)22/h3-6,10-11,28H,7-9H2,1-2H3,(H,23,24,29). The number of aromatic amines is 1. The topological polar surface area (TPSA) is 87.0 Å². The van der Waals surface area contributed by atoms with E-state index in [2.05, 4.69) is 22.0 Å². The number of hydrogen-bond donors (Lipinski definition) is 2. The zero-order valence-electron chi connectivity index (χ0n) is 15.9. The second-order valence-corrected chi connectivity index (χ2v) is 7.44. The van der Waals surface area contributed by atoms with Gasteiger partial charge in [-0.05, 0) is 30.5 Å². The minimum atomic E-state index is -4.41. The molecule has 154 valence electrons. The summed E-state index contributed by atoms with van der Waals surface area (Å²) in [5.41, 5.74) is -0.0954. The molecule has 2 N–H and O–H groups in total. The van der Waals surface area contributed by atoms with Crippen LogP contribution in [0.15, 0.2) is 29.1 Å². The second kappa shape index (κ2) is 6.87. The van der Waals surface area contributed by atoms with Gasteiger partial charge in [0.2, 0.25) is 5.95 Å². The summed E-state index contributed by atoms with van der Waals surface area (Å²) in [6, 6.07) is 4.29. The number of aliphatic hydroxyl groups excluding tert-OH is 1. The average Bonchev–Trinajstić information content (AvgIpc) is 3.03. The Morgan fingerprint density at radius 2 is 1.93 bits per heavy atom. The molecule has 0 radical (unpaired) electrons. The number of benzene rings is 1. The van der Waals surface area contributed by atoms with Gasteiger partial charge in [0.15, 0.2) is 5.65 Å².